The van der Waals surface area contributed by atoms with Gasteiger partial charge in [0.2, 0.25) is 0 Å². The second-order valence-electron chi connectivity index (χ2n) is 8.13. The topological polar surface area (TPSA) is 44.7 Å². The van der Waals surface area contributed by atoms with Crippen molar-refractivity contribution in [3.05, 3.63) is 95.7 Å². The molecule has 0 spiro atoms. The Kier molecular flexibility index (Phi) is 5.97. The van der Waals surface area contributed by atoms with Crippen LogP contribution >= 0.6 is 22.7 Å². The Morgan fingerprint density at radius 2 is 1.03 bits per heavy atom. The molecule has 0 fully saturated rings. The molecule has 0 amide bonds. The summed E-state index contributed by atoms with van der Waals surface area (Å²) in [6, 6.07) is 28.3. The zero-order valence-corrected chi connectivity index (χ0v) is 21.3. The highest BCUT2D eigenvalue weighted by molar-refractivity contribution is 7.13. The third kappa shape index (κ3) is 4.15. The van der Waals surface area contributed by atoms with Crippen molar-refractivity contribution in [1.82, 2.24) is 0 Å². The molecular formula is C30H22O4S2. The lowest BCUT2D eigenvalue weighted by atomic mass is 9.98. The van der Waals surface area contributed by atoms with Crippen molar-refractivity contribution in [3.63, 3.8) is 0 Å². The highest BCUT2D eigenvalue weighted by atomic mass is 32.1. The molecule has 0 atom stereocenters. The van der Waals surface area contributed by atoms with Crippen LogP contribution in [0.4, 0.5) is 0 Å². The molecule has 0 aliphatic carbocycles. The molecule has 4 heterocycles. The summed E-state index contributed by atoms with van der Waals surface area (Å²) in [4.78, 5) is 2.13. The Labute approximate surface area is 217 Å². The largest absolute Gasteiger partial charge is 0.497 e. The molecule has 0 aliphatic rings. The Balaban J connectivity index is 1.60. The van der Waals surface area contributed by atoms with E-state index < -0.39 is 0 Å². The molecule has 0 aliphatic heterocycles. The van der Waals surface area contributed by atoms with Crippen molar-refractivity contribution in [2.75, 3.05) is 14.2 Å². The predicted octanol–water partition coefficient (Wildman–Crippen LogP) is 9.35. The summed E-state index contributed by atoms with van der Waals surface area (Å²) in [5.74, 6) is 4.69. The van der Waals surface area contributed by atoms with Crippen LogP contribution in [0.5, 0.6) is 11.5 Å². The molecule has 0 unspecified atom stereocenters. The SMILES string of the molecule is COc1cccc(-c2oc(-c3cccs3)cc2-c2cc(-c3cccs3)oc2-c2cccc(OC)c2)c1. The van der Waals surface area contributed by atoms with Crippen LogP contribution in [0, 0.1) is 0 Å². The van der Waals surface area contributed by atoms with Gasteiger partial charge in [0.05, 0.1) is 24.0 Å². The van der Waals surface area contributed by atoms with Crippen molar-refractivity contribution in [2.45, 2.75) is 0 Å². The van der Waals surface area contributed by atoms with E-state index >= 15 is 0 Å². The minimum absolute atomic E-state index is 0.764. The second kappa shape index (κ2) is 9.57. The van der Waals surface area contributed by atoms with Gasteiger partial charge in [0.25, 0.3) is 0 Å². The van der Waals surface area contributed by atoms with Crippen molar-refractivity contribution < 1.29 is 18.3 Å². The van der Waals surface area contributed by atoms with Gasteiger partial charge in [0.1, 0.15) is 34.5 Å². The zero-order valence-electron chi connectivity index (χ0n) is 19.7. The van der Waals surface area contributed by atoms with Gasteiger partial charge < -0.3 is 18.3 Å². The molecule has 36 heavy (non-hydrogen) atoms. The summed E-state index contributed by atoms with van der Waals surface area (Å²) >= 11 is 3.30. The van der Waals surface area contributed by atoms with E-state index in [2.05, 4.69) is 35.0 Å². The number of methoxy groups -OCH3 is 2. The van der Waals surface area contributed by atoms with Crippen LogP contribution in [-0.2, 0) is 0 Å². The fraction of sp³-hybridized carbons (Fsp3) is 0.0667. The lowest BCUT2D eigenvalue weighted by Crippen LogP contribution is -1.86. The quantitative estimate of drug-likeness (QED) is 0.215. The summed E-state index contributed by atoms with van der Waals surface area (Å²) in [6.45, 7) is 0. The van der Waals surface area contributed by atoms with E-state index in [-0.39, 0.29) is 0 Å². The van der Waals surface area contributed by atoms with Gasteiger partial charge in [-0.2, -0.15) is 0 Å². The van der Waals surface area contributed by atoms with Gasteiger partial charge in [-0.3, -0.25) is 0 Å². The molecule has 4 aromatic heterocycles. The Morgan fingerprint density at radius 3 is 1.42 bits per heavy atom. The summed E-state index contributed by atoms with van der Waals surface area (Å²) in [6.07, 6.45) is 0. The fourth-order valence-electron chi connectivity index (χ4n) is 4.22. The number of hydrogen-bond donors (Lipinski definition) is 0. The average Bonchev–Trinajstić information content (AvgIpc) is 3.74. The van der Waals surface area contributed by atoms with Crippen molar-refractivity contribution in [2.24, 2.45) is 0 Å². The zero-order chi connectivity index (χ0) is 24.5. The van der Waals surface area contributed by atoms with Crippen LogP contribution in [-0.4, -0.2) is 14.2 Å². The fourth-order valence-corrected chi connectivity index (χ4v) is 5.58. The maximum Gasteiger partial charge on any atom is 0.145 e. The highest BCUT2D eigenvalue weighted by Gasteiger charge is 2.24. The predicted molar refractivity (Wildman–Crippen MR) is 147 cm³/mol. The van der Waals surface area contributed by atoms with Crippen LogP contribution in [0.25, 0.3) is 55.0 Å². The molecule has 6 heteroatoms. The van der Waals surface area contributed by atoms with E-state index in [1.54, 1.807) is 36.9 Å². The van der Waals surface area contributed by atoms with Crippen LogP contribution in [0.3, 0.4) is 0 Å². The first kappa shape index (κ1) is 22.5. The molecule has 2 aromatic carbocycles. The average molecular weight is 511 g/mol. The number of thiophene rings is 2. The first-order chi connectivity index (χ1) is 17.7. The van der Waals surface area contributed by atoms with E-state index in [0.717, 1.165) is 66.5 Å². The van der Waals surface area contributed by atoms with Crippen LogP contribution in [0.15, 0.2) is 105 Å². The van der Waals surface area contributed by atoms with Crippen molar-refractivity contribution in [3.8, 4) is 66.5 Å². The number of ether oxygens (including phenoxy) is 2. The number of benzene rings is 2. The van der Waals surface area contributed by atoms with Gasteiger partial charge in [-0.25, -0.2) is 0 Å². The van der Waals surface area contributed by atoms with Gasteiger partial charge >= 0.3 is 0 Å². The first-order valence-electron chi connectivity index (χ1n) is 11.4. The maximum atomic E-state index is 6.53. The maximum absolute atomic E-state index is 6.53. The lowest BCUT2D eigenvalue weighted by molar-refractivity contribution is 0.414. The van der Waals surface area contributed by atoms with E-state index in [9.17, 15) is 0 Å². The number of rotatable bonds is 7. The molecular weight excluding hydrogens is 488 g/mol. The first-order valence-corrected chi connectivity index (χ1v) is 13.1. The Hall–Kier alpha value is -4.00. The van der Waals surface area contributed by atoms with E-state index in [1.807, 2.05) is 60.7 Å². The second-order valence-corrected chi connectivity index (χ2v) is 10.0. The third-order valence-electron chi connectivity index (χ3n) is 5.95. The van der Waals surface area contributed by atoms with E-state index in [4.69, 9.17) is 18.3 Å². The van der Waals surface area contributed by atoms with Crippen LogP contribution in [0.2, 0.25) is 0 Å². The van der Waals surface area contributed by atoms with E-state index in [0.29, 0.717) is 0 Å². The minimum Gasteiger partial charge on any atom is -0.497 e. The standard InChI is InChI=1S/C30H22O4S2/c1-31-21-9-3-7-19(15-21)29-23(17-25(33-29)27-11-5-13-35-27)24-18-26(28-12-6-14-36-28)34-30(24)20-8-4-10-22(16-20)32-2/h3-18H,1-2H3. The monoisotopic (exact) mass is 510 g/mol. The number of hydrogen-bond acceptors (Lipinski definition) is 6. The molecule has 0 saturated heterocycles. The van der Waals surface area contributed by atoms with Gasteiger partial charge in [-0.15, -0.1) is 22.7 Å². The molecule has 0 bridgehead atoms. The summed E-state index contributed by atoms with van der Waals surface area (Å²) in [5.41, 5.74) is 3.78. The third-order valence-corrected chi connectivity index (χ3v) is 7.72. The lowest BCUT2D eigenvalue weighted by Gasteiger charge is -2.07. The van der Waals surface area contributed by atoms with Gasteiger partial charge in [-0.1, -0.05) is 36.4 Å². The molecule has 178 valence electrons. The summed E-state index contributed by atoms with van der Waals surface area (Å²) in [7, 11) is 3.34. The Morgan fingerprint density at radius 1 is 0.556 bits per heavy atom. The molecule has 0 saturated carbocycles. The van der Waals surface area contributed by atoms with Gasteiger partial charge in [0, 0.05) is 22.3 Å². The number of furan rings is 2. The van der Waals surface area contributed by atoms with Crippen LogP contribution in [0.1, 0.15) is 0 Å². The summed E-state index contributed by atoms with van der Waals surface area (Å²) < 4.78 is 24.1. The van der Waals surface area contributed by atoms with Crippen LogP contribution < -0.4 is 9.47 Å². The molecule has 6 aromatic rings. The van der Waals surface area contributed by atoms with Gasteiger partial charge in [-0.05, 0) is 59.3 Å². The summed E-state index contributed by atoms with van der Waals surface area (Å²) in [5, 5.41) is 4.11. The highest BCUT2D eigenvalue weighted by Crippen LogP contribution is 2.47. The smallest absolute Gasteiger partial charge is 0.145 e. The molecule has 4 nitrogen and oxygen atoms in total. The van der Waals surface area contributed by atoms with Gasteiger partial charge in [0.15, 0.2) is 0 Å². The Bertz CT molecular complexity index is 1480. The van der Waals surface area contributed by atoms with Crippen molar-refractivity contribution >= 4 is 22.7 Å². The molecule has 6 rings (SSSR count). The van der Waals surface area contributed by atoms with Crippen molar-refractivity contribution in [1.29, 1.82) is 0 Å². The minimum atomic E-state index is 0.764. The molecule has 0 N–H and O–H groups in total. The van der Waals surface area contributed by atoms with E-state index in [1.165, 1.54) is 0 Å². The normalized spacial score (nSPS) is 11.1. The molecule has 0 radical (unpaired) electrons.